The molecule has 13 heavy (non-hydrogen) atoms. The van der Waals surface area contributed by atoms with Gasteiger partial charge in [0.25, 0.3) is 0 Å². The van der Waals surface area contributed by atoms with E-state index < -0.39 is 11.8 Å². The van der Waals surface area contributed by atoms with Gasteiger partial charge in [-0.05, 0) is 37.8 Å². The molecule has 2 atom stereocenters. The van der Waals surface area contributed by atoms with Crippen LogP contribution in [0.1, 0.15) is 12.8 Å². The minimum atomic E-state index is -4.46. The highest BCUT2D eigenvalue weighted by Crippen LogP contribution is 2.49. The van der Waals surface area contributed by atoms with Gasteiger partial charge in [0.1, 0.15) is 0 Å². The van der Waals surface area contributed by atoms with Crippen LogP contribution in [-0.4, -0.2) is 30.0 Å². The molecule has 2 aliphatic rings. The van der Waals surface area contributed by atoms with Crippen molar-refractivity contribution in [3.05, 3.63) is 0 Å². The molecule has 5 heteroatoms. The van der Waals surface area contributed by atoms with Crippen molar-refractivity contribution in [2.75, 3.05) is 13.1 Å². The Balaban J connectivity index is 2.13. The molecule has 1 saturated heterocycles. The SMILES string of the molecule is OC1(C(F)(F)F)C[C@H]2CNC[C@@H]2C1. The maximum absolute atomic E-state index is 12.4. The summed E-state index contributed by atoms with van der Waals surface area (Å²) in [4.78, 5) is 0. The van der Waals surface area contributed by atoms with Crippen LogP contribution in [0.2, 0.25) is 0 Å². The Morgan fingerprint density at radius 3 is 2.00 bits per heavy atom. The summed E-state index contributed by atoms with van der Waals surface area (Å²) in [7, 11) is 0. The number of aliphatic hydroxyl groups is 1. The minimum Gasteiger partial charge on any atom is -0.380 e. The standard InChI is InChI=1S/C8H12F3NO/c9-8(10,11)7(13)1-5-3-12-4-6(5)2-7/h5-6,12-13H,1-4H2/t5-,6-/m0/s1. The Hall–Kier alpha value is -0.290. The average molecular weight is 195 g/mol. The lowest BCUT2D eigenvalue weighted by Crippen LogP contribution is -2.43. The van der Waals surface area contributed by atoms with Crippen LogP contribution in [0.5, 0.6) is 0 Å². The molecule has 76 valence electrons. The normalized spacial score (nSPS) is 37.8. The molecule has 0 aromatic rings. The summed E-state index contributed by atoms with van der Waals surface area (Å²) in [6.45, 7) is 1.23. The van der Waals surface area contributed by atoms with Gasteiger partial charge < -0.3 is 10.4 Å². The van der Waals surface area contributed by atoms with E-state index in [1.165, 1.54) is 0 Å². The van der Waals surface area contributed by atoms with E-state index in [-0.39, 0.29) is 24.7 Å². The maximum atomic E-state index is 12.4. The highest BCUT2D eigenvalue weighted by molar-refractivity contribution is 5.02. The molecular weight excluding hydrogens is 183 g/mol. The number of fused-ring (bicyclic) bond motifs is 1. The quantitative estimate of drug-likeness (QED) is 0.602. The first kappa shape index (κ1) is 9.27. The molecule has 1 aliphatic carbocycles. The number of halogens is 3. The van der Waals surface area contributed by atoms with Gasteiger partial charge >= 0.3 is 6.18 Å². The summed E-state index contributed by atoms with van der Waals surface area (Å²) >= 11 is 0. The van der Waals surface area contributed by atoms with Crippen molar-refractivity contribution in [1.82, 2.24) is 5.32 Å². The monoisotopic (exact) mass is 195 g/mol. The van der Waals surface area contributed by atoms with Crippen molar-refractivity contribution in [2.45, 2.75) is 24.6 Å². The molecule has 0 aromatic heterocycles. The molecule has 0 amide bonds. The molecule has 1 saturated carbocycles. The summed E-state index contributed by atoms with van der Waals surface area (Å²) in [5.74, 6) is 0.0123. The third kappa shape index (κ3) is 1.34. The summed E-state index contributed by atoms with van der Waals surface area (Å²) in [6, 6.07) is 0. The van der Waals surface area contributed by atoms with Crippen LogP contribution in [0.15, 0.2) is 0 Å². The number of hydrogen-bond donors (Lipinski definition) is 2. The lowest BCUT2D eigenvalue weighted by atomic mass is 10.00. The highest BCUT2D eigenvalue weighted by atomic mass is 19.4. The Morgan fingerprint density at radius 1 is 1.15 bits per heavy atom. The molecule has 0 spiro atoms. The molecule has 2 nitrogen and oxygen atoms in total. The summed E-state index contributed by atoms with van der Waals surface area (Å²) in [5, 5.41) is 12.4. The van der Waals surface area contributed by atoms with Crippen LogP contribution >= 0.6 is 0 Å². The number of nitrogens with one attached hydrogen (secondary N) is 1. The first-order chi connectivity index (χ1) is 5.92. The Bertz CT molecular complexity index is 204. The number of alkyl halides is 3. The lowest BCUT2D eigenvalue weighted by molar-refractivity contribution is -0.259. The first-order valence-electron chi connectivity index (χ1n) is 4.42. The van der Waals surface area contributed by atoms with Gasteiger partial charge in [-0.15, -0.1) is 0 Å². The van der Waals surface area contributed by atoms with E-state index in [9.17, 15) is 18.3 Å². The second-order valence-corrected chi connectivity index (χ2v) is 4.12. The van der Waals surface area contributed by atoms with Crippen molar-refractivity contribution in [3.8, 4) is 0 Å². The summed E-state index contributed by atoms with van der Waals surface area (Å²) in [5.41, 5.74) is -2.41. The molecule has 0 bridgehead atoms. The van der Waals surface area contributed by atoms with Crippen molar-refractivity contribution in [1.29, 1.82) is 0 Å². The largest absolute Gasteiger partial charge is 0.417 e. The van der Waals surface area contributed by atoms with Gasteiger partial charge in [-0.25, -0.2) is 0 Å². The fraction of sp³-hybridized carbons (Fsp3) is 1.00. The summed E-state index contributed by atoms with van der Waals surface area (Å²) in [6.07, 6.45) is -4.72. The van der Waals surface area contributed by atoms with E-state index in [1.54, 1.807) is 0 Å². The lowest BCUT2D eigenvalue weighted by Gasteiger charge is -2.26. The smallest absolute Gasteiger partial charge is 0.380 e. The van der Waals surface area contributed by atoms with Gasteiger partial charge in [-0.3, -0.25) is 0 Å². The first-order valence-corrected chi connectivity index (χ1v) is 4.42. The van der Waals surface area contributed by atoms with Crippen molar-refractivity contribution >= 4 is 0 Å². The minimum absolute atomic E-state index is 0.00613. The zero-order valence-corrected chi connectivity index (χ0v) is 7.06. The van der Waals surface area contributed by atoms with Crippen molar-refractivity contribution < 1.29 is 18.3 Å². The van der Waals surface area contributed by atoms with Crippen LogP contribution in [0.3, 0.4) is 0 Å². The van der Waals surface area contributed by atoms with Crippen molar-refractivity contribution in [2.24, 2.45) is 11.8 Å². The molecular formula is C8H12F3NO. The van der Waals surface area contributed by atoms with Crippen LogP contribution < -0.4 is 5.32 Å². The number of hydrogen-bond acceptors (Lipinski definition) is 2. The average Bonchev–Trinajstić information content (AvgIpc) is 2.42. The Labute approximate surface area is 74.1 Å². The third-order valence-electron chi connectivity index (χ3n) is 3.21. The van der Waals surface area contributed by atoms with E-state index >= 15 is 0 Å². The second-order valence-electron chi connectivity index (χ2n) is 4.12. The van der Waals surface area contributed by atoms with Gasteiger partial charge in [0.2, 0.25) is 0 Å². The third-order valence-corrected chi connectivity index (χ3v) is 3.21. The van der Waals surface area contributed by atoms with Crippen LogP contribution in [0.25, 0.3) is 0 Å². The van der Waals surface area contributed by atoms with Gasteiger partial charge in [0.05, 0.1) is 0 Å². The highest BCUT2D eigenvalue weighted by Gasteiger charge is 2.60. The molecule has 1 aliphatic heterocycles. The fourth-order valence-electron chi connectivity index (χ4n) is 2.45. The van der Waals surface area contributed by atoms with E-state index in [4.69, 9.17) is 0 Å². The molecule has 2 rings (SSSR count). The Kier molecular flexibility index (Phi) is 1.86. The molecule has 0 radical (unpaired) electrons. The predicted molar refractivity (Wildman–Crippen MR) is 40.1 cm³/mol. The maximum Gasteiger partial charge on any atom is 0.417 e. The van der Waals surface area contributed by atoms with E-state index in [0.29, 0.717) is 13.1 Å². The number of rotatable bonds is 0. The topological polar surface area (TPSA) is 32.3 Å². The van der Waals surface area contributed by atoms with Crippen molar-refractivity contribution in [3.63, 3.8) is 0 Å². The molecule has 2 N–H and O–H groups in total. The zero-order chi connectivity index (χ0) is 9.69. The van der Waals surface area contributed by atoms with Gasteiger partial charge in [-0.1, -0.05) is 0 Å². The van der Waals surface area contributed by atoms with Crippen LogP contribution in [-0.2, 0) is 0 Å². The van der Waals surface area contributed by atoms with Crippen LogP contribution in [0, 0.1) is 11.8 Å². The molecule has 0 unspecified atom stereocenters. The van der Waals surface area contributed by atoms with E-state index in [1.807, 2.05) is 0 Å². The van der Waals surface area contributed by atoms with Gasteiger partial charge in [0, 0.05) is 0 Å². The molecule has 0 aromatic carbocycles. The zero-order valence-electron chi connectivity index (χ0n) is 7.06. The fourth-order valence-corrected chi connectivity index (χ4v) is 2.45. The van der Waals surface area contributed by atoms with E-state index in [2.05, 4.69) is 5.32 Å². The Morgan fingerprint density at radius 2 is 1.62 bits per heavy atom. The predicted octanol–water partition coefficient (Wildman–Crippen LogP) is 0.909. The van der Waals surface area contributed by atoms with Gasteiger partial charge in [-0.2, -0.15) is 13.2 Å². The summed E-state index contributed by atoms with van der Waals surface area (Å²) < 4.78 is 37.1. The second kappa shape index (κ2) is 2.60. The molecule has 2 fully saturated rings. The van der Waals surface area contributed by atoms with Gasteiger partial charge in [0.15, 0.2) is 5.60 Å². The van der Waals surface area contributed by atoms with Crippen LogP contribution in [0.4, 0.5) is 13.2 Å². The van der Waals surface area contributed by atoms with E-state index in [0.717, 1.165) is 0 Å². The molecule has 1 heterocycles.